The zero-order chi connectivity index (χ0) is 55.2. The molecule has 0 amide bonds. The number of thiazole rings is 1. The van der Waals surface area contributed by atoms with Gasteiger partial charge in [0, 0.05) is 34.0 Å². The lowest BCUT2D eigenvalue weighted by Crippen LogP contribution is -2.75. The zero-order valence-corrected chi connectivity index (χ0v) is 49.9. The summed E-state index contributed by atoms with van der Waals surface area (Å²) >= 11 is 1.82. The van der Waals surface area contributed by atoms with E-state index in [2.05, 4.69) is 311 Å². The third kappa shape index (κ3) is 9.21. The van der Waals surface area contributed by atoms with Gasteiger partial charge in [0.1, 0.15) is 10.0 Å². The van der Waals surface area contributed by atoms with Crippen LogP contribution in [0.5, 0.6) is 0 Å². The summed E-state index contributed by atoms with van der Waals surface area (Å²) in [4.78, 5) is 11.1. The van der Waals surface area contributed by atoms with Gasteiger partial charge in [-0.15, -0.1) is 0 Å². The molecular formula is C73H72BN3SSi. The van der Waals surface area contributed by atoms with Crippen LogP contribution in [0.3, 0.4) is 0 Å². The molecule has 3 heterocycles. The number of benzene rings is 9. The van der Waals surface area contributed by atoms with Crippen LogP contribution in [0.15, 0.2) is 218 Å². The first-order valence-corrected chi connectivity index (χ1v) is 31.0. The van der Waals surface area contributed by atoms with Crippen LogP contribution < -0.4 is 47.1 Å². The van der Waals surface area contributed by atoms with E-state index < -0.39 is 8.07 Å². The highest BCUT2D eigenvalue weighted by Gasteiger charge is 2.49. The van der Waals surface area contributed by atoms with Gasteiger partial charge in [-0.05, 0) is 129 Å². The van der Waals surface area contributed by atoms with E-state index in [4.69, 9.17) is 4.98 Å². The summed E-state index contributed by atoms with van der Waals surface area (Å²) in [5, 5.41) is 7.52. The summed E-state index contributed by atoms with van der Waals surface area (Å²) in [6.07, 6.45) is 0. The largest absolute Gasteiger partial charge is 0.311 e. The number of nitrogens with zero attached hydrogens (tertiary/aromatic N) is 3. The molecule has 0 spiro atoms. The molecule has 2 aliphatic heterocycles. The second-order valence-corrected chi connectivity index (χ2v) is 30.9. The van der Waals surface area contributed by atoms with Crippen LogP contribution in [0.4, 0.5) is 33.4 Å². The zero-order valence-electron chi connectivity index (χ0n) is 48.1. The molecule has 0 aliphatic carbocycles. The van der Waals surface area contributed by atoms with Gasteiger partial charge in [0.25, 0.3) is 6.71 Å². The number of aromatic nitrogens is 1. The fourth-order valence-corrected chi connectivity index (χ4v) is 18.2. The molecule has 0 N–H and O–H groups in total. The highest BCUT2D eigenvalue weighted by molar-refractivity contribution is 7.22. The first kappa shape index (κ1) is 52.2. The van der Waals surface area contributed by atoms with E-state index in [1.165, 1.54) is 82.1 Å². The molecule has 79 heavy (non-hydrogen) atoms. The molecule has 3 nitrogen and oxygen atoms in total. The van der Waals surface area contributed by atoms with Crippen molar-refractivity contribution in [1.29, 1.82) is 0 Å². The Morgan fingerprint density at radius 3 is 1.19 bits per heavy atom. The number of rotatable bonds is 8. The summed E-state index contributed by atoms with van der Waals surface area (Å²) in [5.41, 5.74) is 18.3. The molecule has 9 aromatic carbocycles. The van der Waals surface area contributed by atoms with Crippen molar-refractivity contribution >= 4 is 96.8 Å². The predicted molar refractivity (Wildman–Crippen MR) is 345 cm³/mol. The van der Waals surface area contributed by atoms with E-state index in [0.29, 0.717) is 0 Å². The lowest BCUT2D eigenvalue weighted by Gasteiger charge is -2.44. The monoisotopic (exact) mass is 1060 g/mol. The summed E-state index contributed by atoms with van der Waals surface area (Å²) in [6.45, 7) is 27.5. The topological polar surface area (TPSA) is 19.4 Å². The Kier molecular flexibility index (Phi) is 12.8. The Bertz CT molecular complexity index is 3740. The van der Waals surface area contributed by atoms with Crippen molar-refractivity contribution in [3.05, 3.63) is 241 Å². The molecule has 0 unspecified atom stereocenters. The second-order valence-electron chi connectivity index (χ2n) is 26.1. The van der Waals surface area contributed by atoms with E-state index in [1.807, 2.05) is 11.3 Å². The lowest BCUT2D eigenvalue weighted by atomic mass is 9.35. The first-order chi connectivity index (χ1) is 37.7. The van der Waals surface area contributed by atoms with Crippen LogP contribution in [0.1, 0.15) is 105 Å². The molecule has 6 heteroatoms. The molecular weight excluding hydrogens is 990 g/mol. The third-order valence-corrected chi connectivity index (χ3v) is 22.6. The van der Waals surface area contributed by atoms with Crippen molar-refractivity contribution in [1.82, 2.24) is 4.98 Å². The number of hydrogen-bond donors (Lipinski definition) is 0. The molecule has 1 aromatic heterocycles. The highest BCUT2D eigenvalue weighted by Crippen LogP contribution is 2.48. The quantitative estimate of drug-likeness (QED) is 0.112. The van der Waals surface area contributed by atoms with Gasteiger partial charge in [-0.1, -0.05) is 270 Å². The van der Waals surface area contributed by atoms with Gasteiger partial charge in [-0.2, -0.15) is 0 Å². The van der Waals surface area contributed by atoms with Crippen LogP contribution in [0.25, 0.3) is 21.7 Å². The van der Waals surface area contributed by atoms with E-state index >= 15 is 0 Å². The fourth-order valence-electron chi connectivity index (χ4n) is 12.2. The maximum Gasteiger partial charge on any atom is 0.276 e. The van der Waals surface area contributed by atoms with Crippen LogP contribution in [-0.4, -0.2) is 19.8 Å². The molecule has 0 radical (unpaired) electrons. The standard InChI is InChI=1S/C73H72BN3SSi/c1-70(2,3)52-34-32-50(33-35-52)49-28-30-51(31-29-49)68-75-67-69(78-68)77(57-43-38-54(39-44-57)72(7,8)9)65-48-61(79(58-22-16-13-17-23-58,59-24-18-14-19-25-59)60-26-20-15-21-27-60)47-64-66(65)74(67)62-46-55(73(10,11)12)40-45-63(62)76(64)56-41-36-53(37-42-56)71(4,5)6/h13-48H,1-12H3. The normalized spacial score (nSPS) is 13.5. The summed E-state index contributed by atoms with van der Waals surface area (Å²) < 4.78 is 0. The molecule has 10 aromatic rings. The van der Waals surface area contributed by atoms with E-state index in [9.17, 15) is 0 Å². The molecule has 0 atom stereocenters. The fraction of sp³-hybridized carbons (Fsp3) is 0.219. The van der Waals surface area contributed by atoms with E-state index in [0.717, 1.165) is 32.5 Å². The van der Waals surface area contributed by atoms with Crippen molar-refractivity contribution in [2.24, 2.45) is 0 Å². The second kappa shape index (κ2) is 19.4. The minimum atomic E-state index is -3.11. The number of hydrogen-bond acceptors (Lipinski definition) is 4. The maximum atomic E-state index is 5.93. The number of anilines is 6. The summed E-state index contributed by atoms with van der Waals surface area (Å²) in [6, 6.07) is 83.7. The van der Waals surface area contributed by atoms with Crippen LogP contribution in [0, 0.1) is 0 Å². The van der Waals surface area contributed by atoms with Crippen LogP contribution in [0.2, 0.25) is 0 Å². The van der Waals surface area contributed by atoms with Crippen LogP contribution in [-0.2, 0) is 21.7 Å². The molecule has 0 saturated heterocycles. The highest BCUT2D eigenvalue weighted by atomic mass is 32.1. The van der Waals surface area contributed by atoms with Crippen LogP contribution >= 0.6 is 11.3 Å². The van der Waals surface area contributed by atoms with Gasteiger partial charge in [0.2, 0.25) is 0 Å². The van der Waals surface area contributed by atoms with Gasteiger partial charge in [0.05, 0.1) is 5.59 Å². The molecule has 0 saturated carbocycles. The Labute approximate surface area is 475 Å². The van der Waals surface area contributed by atoms with Crippen molar-refractivity contribution in [2.45, 2.75) is 105 Å². The third-order valence-electron chi connectivity index (χ3n) is 16.7. The Morgan fingerprint density at radius 1 is 0.367 bits per heavy atom. The minimum Gasteiger partial charge on any atom is -0.311 e. The summed E-state index contributed by atoms with van der Waals surface area (Å²) in [7, 11) is -3.11. The SMILES string of the molecule is CC(C)(C)c1ccc(-c2ccc(-c3nc4c(s3)N(c3ccc(C(C)(C)C)cc3)c3cc([Si](c5ccccc5)(c5ccccc5)c5ccccc5)cc5c3B4c3cc(C(C)(C)C)ccc3N5c3ccc(C(C)(C)C)cc3)cc2)cc1. The lowest BCUT2D eigenvalue weighted by molar-refractivity contribution is 0.590. The number of fused-ring (bicyclic) bond motifs is 4. The van der Waals surface area contributed by atoms with Gasteiger partial charge in [-0.25, -0.2) is 4.98 Å². The maximum absolute atomic E-state index is 5.93. The Balaban J connectivity index is 1.19. The Morgan fingerprint density at radius 2 is 0.747 bits per heavy atom. The van der Waals surface area contributed by atoms with Crippen molar-refractivity contribution < 1.29 is 0 Å². The molecule has 392 valence electrons. The van der Waals surface area contributed by atoms with Crippen molar-refractivity contribution in [3.63, 3.8) is 0 Å². The molecule has 2 aliphatic rings. The molecule has 12 rings (SSSR count). The first-order valence-electron chi connectivity index (χ1n) is 28.2. The summed E-state index contributed by atoms with van der Waals surface area (Å²) in [5.74, 6) is 0. The molecule has 0 fully saturated rings. The van der Waals surface area contributed by atoms with Gasteiger partial charge < -0.3 is 9.80 Å². The predicted octanol–water partition coefficient (Wildman–Crippen LogP) is 15.1. The van der Waals surface area contributed by atoms with E-state index in [1.54, 1.807) is 0 Å². The smallest absolute Gasteiger partial charge is 0.276 e. The van der Waals surface area contributed by atoms with Gasteiger partial charge in [-0.3, -0.25) is 0 Å². The average Bonchev–Trinajstić information content (AvgIpc) is 4.04. The molecule has 0 bridgehead atoms. The van der Waals surface area contributed by atoms with Gasteiger partial charge in [0.15, 0.2) is 8.07 Å². The Hall–Kier alpha value is -7.51. The van der Waals surface area contributed by atoms with Crippen molar-refractivity contribution in [3.8, 4) is 21.7 Å². The van der Waals surface area contributed by atoms with Crippen molar-refractivity contribution in [2.75, 3.05) is 9.80 Å². The van der Waals surface area contributed by atoms with Gasteiger partial charge >= 0.3 is 0 Å². The van der Waals surface area contributed by atoms with E-state index in [-0.39, 0.29) is 28.4 Å². The minimum absolute atomic E-state index is 0.00381. The average molecular weight is 1060 g/mol.